The van der Waals surface area contributed by atoms with Gasteiger partial charge in [0.05, 0.1) is 7.11 Å². The van der Waals surface area contributed by atoms with Crippen LogP contribution in [0.4, 0.5) is 0 Å². The Kier molecular flexibility index (Phi) is 3.46. The molecule has 1 rings (SSSR count). The molecule has 0 aliphatic carbocycles. The molecule has 2 nitrogen and oxygen atoms in total. The highest BCUT2D eigenvalue weighted by Gasteiger charge is 1.98. The molecule has 0 aliphatic heterocycles. The minimum absolute atomic E-state index is 0.0605. The first kappa shape index (κ1) is 10.5. The Morgan fingerprint density at radius 3 is 2.64 bits per heavy atom. The Morgan fingerprint density at radius 2 is 2.07 bits per heavy atom. The van der Waals surface area contributed by atoms with Crippen molar-refractivity contribution in [3.63, 3.8) is 0 Å². The number of hydrogen-bond acceptors (Lipinski definition) is 2. The Hall–Kier alpha value is -1.57. The molecule has 0 unspecified atom stereocenters. The number of hydrogen-bond donors (Lipinski definition) is 0. The molecule has 0 aliphatic rings. The highest BCUT2D eigenvalue weighted by Crippen LogP contribution is 2.19. The standard InChI is InChI=1S/C12H14O2/c1-9(7-10(2)13)11-5-4-6-12(8-11)14-3/h4-8H,1-3H3/b9-7+. The van der Waals surface area contributed by atoms with Crippen LogP contribution >= 0.6 is 0 Å². The first-order valence-electron chi connectivity index (χ1n) is 4.47. The van der Waals surface area contributed by atoms with Crippen molar-refractivity contribution in [2.75, 3.05) is 7.11 Å². The highest BCUT2D eigenvalue weighted by atomic mass is 16.5. The van der Waals surface area contributed by atoms with E-state index in [1.54, 1.807) is 20.1 Å². The second kappa shape index (κ2) is 4.61. The molecule has 0 spiro atoms. The average molecular weight is 190 g/mol. The maximum atomic E-state index is 10.9. The van der Waals surface area contributed by atoms with Gasteiger partial charge in [-0.25, -0.2) is 0 Å². The largest absolute Gasteiger partial charge is 0.497 e. The van der Waals surface area contributed by atoms with Gasteiger partial charge in [0.15, 0.2) is 5.78 Å². The summed E-state index contributed by atoms with van der Waals surface area (Å²) in [6, 6.07) is 7.66. The molecule has 0 saturated heterocycles. The highest BCUT2D eigenvalue weighted by molar-refractivity contribution is 5.94. The van der Waals surface area contributed by atoms with Crippen LogP contribution in [0.1, 0.15) is 19.4 Å². The van der Waals surface area contributed by atoms with Crippen molar-refractivity contribution in [3.05, 3.63) is 35.9 Å². The third kappa shape index (κ3) is 2.73. The number of carbonyl (C=O) groups excluding carboxylic acids is 1. The molecule has 74 valence electrons. The molecule has 1 aromatic carbocycles. The van der Waals surface area contributed by atoms with Gasteiger partial charge in [-0.1, -0.05) is 12.1 Å². The van der Waals surface area contributed by atoms with Gasteiger partial charge >= 0.3 is 0 Å². The molecule has 0 bridgehead atoms. The van der Waals surface area contributed by atoms with Gasteiger partial charge in [0.1, 0.15) is 5.75 Å². The van der Waals surface area contributed by atoms with Gasteiger partial charge in [-0.05, 0) is 43.2 Å². The molecule has 0 N–H and O–H groups in total. The van der Waals surface area contributed by atoms with Crippen molar-refractivity contribution in [2.24, 2.45) is 0 Å². The molecule has 0 atom stereocenters. The Morgan fingerprint density at radius 1 is 1.36 bits per heavy atom. The molecule has 0 heterocycles. The number of allylic oxidation sites excluding steroid dienone is 2. The first-order chi connectivity index (χ1) is 6.63. The third-order valence-corrected chi connectivity index (χ3v) is 1.94. The quantitative estimate of drug-likeness (QED) is 0.685. The van der Waals surface area contributed by atoms with Gasteiger partial charge in [-0.2, -0.15) is 0 Å². The van der Waals surface area contributed by atoms with E-state index in [1.807, 2.05) is 31.2 Å². The smallest absolute Gasteiger partial charge is 0.152 e. The Labute approximate surface area is 84.2 Å². The van der Waals surface area contributed by atoms with E-state index in [-0.39, 0.29) is 5.78 Å². The van der Waals surface area contributed by atoms with E-state index in [0.717, 1.165) is 16.9 Å². The number of carbonyl (C=O) groups is 1. The fraction of sp³-hybridized carbons (Fsp3) is 0.250. The van der Waals surface area contributed by atoms with Crippen molar-refractivity contribution < 1.29 is 9.53 Å². The molecular weight excluding hydrogens is 176 g/mol. The fourth-order valence-corrected chi connectivity index (χ4v) is 1.26. The summed E-state index contributed by atoms with van der Waals surface area (Å²) in [4.78, 5) is 10.9. The summed E-state index contributed by atoms with van der Waals surface area (Å²) in [6.07, 6.45) is 1.62. The van der Waals surface area contributed by atoms with Crippen LogP contribution in [-0.4, -0.2) is 12.9 Å². The predicted octanol–water partition coefficient (Wildman–Crippen LogP) is 2.69. The van der Waals surface area contributed by atoms with Gasteiger partial charge in [-0.3, -0.25) is 4.79 Å². The average Bonchev–Trinajstić information content (AvgIpc) is 2.17. The van der Waals surface area contributed by atoms with E-state index >= 15 is 0 Å². The summed E-state index contributed by atoms with van der Waals surface area (Å²) in [5, 5.41) is 0. The van der Waals surface area contributed by atoms with Crippen molar-refractivity contribution in [3.8, 4) is 5.75 Å². The molecular formula is C12H14O2. The summed E-state index contributed by atoms with van der Waals surface area (Å²) in [5.41, 5.74) is 1.97. The van der Waals surface area contributed by atoms with Crippen molar-refractivity contribution in [1.82, 2.24) is 0 Å². The van der Waals surface area contributed by atoms with Crippen molar-refractivity contribution >= 4 is 11.4 Å². The normalized spacial score (nSPS) is 11.2. The van der Waals surface area contributed by atoms with E-state index < -0.39 is 0 Å². The van der Waals surface area contributed by atoms with E-state index in [4.69, 9.17) is 4.74 Å². The van der Waals surface area contributed by atoms with Crippen LogP contribution in [0.5, 0.6) is 5.75 Å². The minimum Gasteiger partial charge on any atom is -0.497 e. The number of ketones is 1. The number of rotatable bonds is 3. The van der Waals surface area contributed by atoms with Crippen LogP contribution in [0, 0.1) is 0 Å². The molecule has 0 saturated carbocycles. The minimum atomic E-state index is 0.0605. The fourth-order valence-electron chi connectivity index (χ4n) is 1.26. The first-order valence-corrected chi connectivity index (χ1v) is 4.47. The zero-order valence-corrected chi connectivity index (χ0v) is 8.70. The zero-order valence-electron chi connectivity index (χ0n) is 8.70. The number of benzene rings is 1. The maximum absolute atomic E-state index is 10.9. The summed E-state index contributed by atoms with van der Waals surface area (Å²) < 4.78 is 5.10. The third-order valence-electron chi connectivity index (χ3n) is 1.94. The van der Waals surface area contributed by atoms with Gasteiger partial charge in [0.25, 0.3) is 0 Å². The zero-order chi connectivity index (χ0) is 10.6. The summed E-state index contributed by atoms with van der Waals surface area (Å²) in [5.74, 6) is 0.865. The van der Waals surface area contributed by atoms with Gasteiger partial charge in [0, 0.05) is 0 Å². The van der Waals surface area contributed by atoms with Gasteiger partial charge in [0.2, 0.25) is 0 Å². The summed E-state index contributed by atoms with van der Waals surface area (Å²) in [6.45, 7) is 3.46. The van der Waals surface area contributed by atoms with Gasteiger partial charge in [-0.15, -0.1) is 0 Å². The predicted molar refractivity (Wildman–Crippen MR) is 57.3 cm³/mol. The summed E-state index contributed by atoms with van der Waals surface area (Å²) >= 11 is 0. The van der Waals surface area contributed by atoms with Crippen LogP contribution in [0.3, 0.4) is 0 Å². The number of methoxy groups -OCH3 is 1. The van der Waals surface area contributed by atoms with E-state index in [9.17, 15) is 4.79 Å². The van der Waals surface area contributed by atoms with E-state index in [1.165, 1.54) is 0 Å². The molecule has 0 fully saturated rings. The van der Waals surface area contributed by atoms with Crippen LogP contribution in [0.15, 0.2) is 30.3 Å². The maximum Gasteiger partial charge on any atom is 0.152 e. The van der Waals surface area contributed by atoms with Crippen LogP contribution < -0.4 is 4.74 Å². The molecule has 0 amide bonds. The molecule has 1 aromatic rings. The lowest BCUT2D eigenvalue weighted by Crippen LogP contribution is -1.88. The van der Waals surface area contributed by atoms with Crippen molar-refractivity contribution in [2.45, 2.75) is 13.8 Å². The monoisotopic (exact) mass is 190 g/mol. The Bertz CT molecular complexity index is 364. The Balaban J connectivity index is 3.01. The number of ether oxygens (including phenoxy) is 1. The molecule has 0 aromatic heterocycles. The second-order valence-corrected chi connectivity index (χ2v) is 3.17. The summed E-state index contributed by atoms with van der Waals surface area (Å²) in [7, 11) is 1.63. The topological polar surface area (TPSA) is 26.3 Å². The molecule has 0 radical (unpaired) electrons. The molecule has 14 heavy (non-hydrogen) atoms. The lowest BCUT2D eigenvalue weighted by Gasteiger charge is -2.03. The van der Waals surface area contributed by atoms with Gasteiger partial charge < -0.3 is 4.74 Å². The lowest BCUT2D eigenvalue weighted by atomic mass is 10.1. The van der Waals surface area contributed by atoms with Crippen molar-refractivity contribution in [1.29, 1.82) is 0 Å². The SMILES string of the molecule is COc1cccc(/C(C)=C/C(C)=O)c1. The molecule has 2 heteroatoms. The van der Waals surface area contributed by atoms with Crippen LogP contribution in [-0.2, 0) is 4.79 Å². The van der Waals surface area contributed by atoms with Crippen LogP contribution in [0.25, 0.3) is 5.57 Å². The van der Waals surface area contributed by atoms with E-state index in [0.29, 0.717) is 0 Å². The second-order valence-electron chi connectivity index (χ2n) is 3.17. The van der Waals surface area contributed by atoms with Crippen LogP contribution in [0.2, 0.25) is 0 Å². The lowest BCUT2D eigenvalue weighted by molar-refractivity contribution is -0.112. The van der Waals surface area contributed by atoms with E-state index in [2.05, 4.69) is 0 Å².